The van der Waals surface area contributed by atoms with Crippen molar-refractivity contribution in [2.24, 2.45) is 13.0 Å². The van der Waals surface area contributed by atoms with Crippen LogP contribution < -0.4 is 21.1 Å². The molecule has 0 aliphatic carbocycles. The molecule has 3 aromatic heterocycles. The van der Waals surface area contributed by atoms with Gasteiger partial charge in [-0.2, -0.15) is 0 Å². The molecule has 2 atom stereocenters. The molecule has 2 N–H and O–H groups in total. The van der Waals surface area contributed by atoms with Crippen molar-refractivity contribution in [1.29, 1.82) is 0 Å². The van der Waals surface area contributed by atoms with Crippen molar-refractivity contribution in [3.8, 4) is 5.69 Å². The van der Waals surface area contributed by atoms with Gasteiger partial charge in [0.15, 0.2) is 5.82 Å². The second kappa shape index (κ2) is 19.9. The highest BCUT2D eigenvalue weighted by Gasteiger charge is 2.38. The lowest BCUT2D eigenvalue weighted by Gasteiger charge is -2.39. The van der Waals surface area contributed by atoms with Gasteiger partial charge < -0.3 is 19.7 Å². The second-order valence-electron chi connectivity index (χ2n) is 20.0. The fourth-order valence-electron chi connectivity index (χ4n) is 11.6. The Morgan fingerprint density at radius 2 is 1.63 bits per heavy atom. The molecule has 0 spiro atoms. The van der Waals surface area contributed by atoms with Crippen LogP contribution in [-0.4, -0.2) is 129 Å². The summed E-state index contributed by atoms with van der Waals surface area (Å²) in [4.78, 5) is 79.6. The zero-order valence-electron chi connectivity index (χ0n) is 41.0. The lowest BCUT2D eigenvalue weighted by molar-refractivity contribution is -0.135. The molecule has 10 rings (SSSR count). The summed E-state index contributed by atoms with van der Waals surface area (Å²) in [5, 5.41) is 5.84. The van der Waals surface area contributed by atoms with Crippen LogP contribution >= 0.6 is 0 Å². The van der Waals surface area contributed by atoms with Crippen LogP contribution in [-0.2, 0) is 34.4 Å². The summed E-state index contributed by atoms with van der Waals surface area (Å²) in [6, 6.07) is 13.7. The number of pyridine rings is 2. The Labute approximate surface area is 412 Å². The fraction of sp³-hybridized carbons (Fsp3) is 0.444. The molecule has 15 nitrogen and oxygen atoms in total. The zero-order valence-corrected chi connectivity index (χ0v) is 41.0. The van der Waals surface area contributed by atoms with Crippen LogP contribution in [0.2, 0.25) is 0 Å². The van der Waals surface area contributed by atoms with Crippen molar-refractivity contribution < 1.29 is 28.0 Å². The zero-order chi connectivity index (χ0) is 49.7. The first-order valence-corrected chi connectivity index (χ1v) is 25.0. The van der Waals surface area contributed by atoms with Crippen molar-refractivity contribution >= 4 is 51.6 Å². The number of imide groups is 1. The third-order valence-electron chi connectivity index (χ3n) is 15.6. The Hall–Kier alpha value is -6.56. The van der Waals surface area contributed by atoms with Crippen molar-refractivity contribution in [2.45, 2.75) is 77.4 Å². The molecular weight excluding hydrogens is 907 g/mol. The summed E-state index contributed by atoms with van der Waals surface area (Å²) in [7, 11) is 3.51. The number of nitrogens with zero attached hydrogens (tertiary/aromatic N) is 8. The Kier molecular flexibility index (Phi) is 13.5. The van der Waals surface area contributed by atoms with E-state index in [2.05, 4.69) is 55.4 Å². The highest BCUT2D eigenvalue weighted by Crippen LogP contribution is 2.36. The minimum absolute atomic E-state index is 0.0433. The van der Waals surface area contributed by atoms with Gasteiger partial charge in [-0.15, -0.1) is 0 Å². The van der Waals surface area contributed by atoms with E-state index in [0.717, 1.165) is 85.6 Å². The van der Waals surface area contributed by atoms with Crippen LogP contribution in [0, 0.1) is 24.5 Å². The van der Waals surface area contributed by atoms with Gasteiger partial charge in [0, 0.05) is 139 Å². The first kappa shape index (κ1) is 48.1. The second-order valence-corrected chi connectivity index (χ2v) is 20.0. The van der Waals surface area contributed by atoms with E-state index in [4.69, 9.17) is 0 Å². The van der Waals surface area contributed by atoms with Gasteiger partial charge in [0.05, 0.1) is 17.6 Å². The van der Waals surface area contributed by atoms with Crippen LogP contribution in [0.25, 0.3) is 22.3 Å². The lowest BCUT2D eigenvalue weighted by Crippen LogP contribution is -2.55. The average molecular weight is 969 g/mol. The molecule has 0 radical (unpaired) electrons. The van der Waals surface area contributed by atoms with Gasteiger partial charge in [0.2, 0.25) is 17.7 Å². The number of likely N-dealkylation sites (tertiary alicyclic amines) is 1. The number of aryl methyl sites for hydroxylation is 3. The van der Waals surface area contributed by atoms with Crippen molar-refractivity contribution in [3.63, 3.8) is 0 Å². The van der Waals surface area contributed by atoms with Gasteiger partial charge in [-0.25, -0.2) is 13.8 Å². The molecule has 8 heterocycles. The van der Waals surface area contributed by atoms with E-state index in [1.165, 1.54) is 28.5 Å². The van der Waals surface area contributed by atoms with Gasteiger partial charge in [-0.1, -0.05) is 18.2 Å². The van der Waals surface area contributed by atoms with Gasteiger partial charge in [-0.05, 0) is 104 Å². The Bertz CT molecular complexity index is 3000. The molecule has 5 aromatic rings. The quantitative estimate of drug-likeness (QED) is 0.152. The van der Waals surface area contributed by atoms with Crippen molar-refractivity contribution in [3.05, 3.63) is 123 Å². The van der Waals surface area contributed by atoms with Crippen LogP contribution in [0.1, 0.15) is 89.8 Å². The molecule has 3 saturated heterocycles. The molecule has 0 bridgehead atoms. The summed E-state index contributed by atoms with van der Waals surface area (Å²) >= 11 is 0. The molecular formula is C54H62F2N10O5. The molecule has 5 aliphatic rings. The number of amides is 4. The number of hydrogen-bond donors (Lipinski definition) is 2. The standard InChI is InChI=1S/C54H62F2N10O5/c1-33-25-39(27-41(55)51(33)37-14-19-63(20-15-37)34(2)47-28-40-45(11-16-58-52(40)60(47)4)65-32-42(56)43(57-3)29-50(65)69)54(71)64-17-12-35(13-18-64)30-61-21-23-62(24-22-61)31-36-5-7-44-38(26-36)6-10-49(68)66(44)46-8-9-48(67)59-53(46)70/h5,7,11,14,16,25-29,32,34-35,46,57H,6,8-10,12-13,15,17-24,30-31H2,1-4H3,(H,59,67,70)/t34-,46?/m0/s1. The third kappa shape index (κ3) is 9.54. The van der Waals surface area contributed by atoms with Crippen molar-refractivity contribution in [1.82, 2.24) is 39.0 Å². The van der Waals surface area contributed by atoms with Gasteiger partial charge >= 0.3 is 0 Å². The molecule has 0 saturated carbocycles. The molecule has 1 unspecified atom stereocenters. The van der Waals surface area contributed by atoms with Gasteiger partial charge in [-0.3, -0.25) is 48.6 Å². The van der Waals surface area contributed by atoms with Crippen molar-refractivity contribution in [2.75, 3.05) is 76.2 Å². The van der Waals surface area contributed by atoms with Crippen LogP contribution in [0.4, 0.5) is 20.2 Å². The van der Waals surface area contributed by atoms with E-state index in [0.29, 0.717) is 80.2 Å². The summed E-state index contributed by atoms with van der Waals surface area (Å²) in [6.45, 7) is 12.2. The minimum Gasteiger partial charge on any atom is -0.386 e. The SMILES string of the molecule is CNc1cc(=O)n(-c2ccnc3c2cc([C@H](C)N2CC=C(c4c(C)cc(C(=O)N5CCC(CN6CCN(Cc7ccc8c(c7)CCC(=O)N8C7CCC(=O)NC7=O)CC6)CC5)cc4F)CC2)n3C)cc1F. The topological polar surface area (TPSA) is 148 Å². The number of nitrogens with one attached hydrogen (secondary N) is 2. The summed E-state index contributed by atoms with van der Waals surface area (Å²) in [5.41, 5.74) is 7.61. The summed E-state index contributed by atoms with van der Waals surface area (Å²) in [5.74, 6) is -1.34. The number of halogens is 2. The number of anilines is 2. The Balaban J connectivity index is 0.705. The van der Waals surface area contributed by atoms with Crippen LogP contribution in [0.3, 0.4) is 0 Å². The number of benzene rings is 2. The predicted molar refractivity (Wildman–Crippen MR) is 268 cm³/mol. The largest absolute Gasteiger partial charge is 0.386 e. The van der Waals surface area contributed by atoms with Gasteiger partial charge in [0.1, 0.15) is 17.5 Å². The molecule has 17 heteroatoms. The Morgan fingerprint density at radius 3 is 2.35 bits per heavy atom. The van der Waals surface area contributed by atoms with Crippen LogP contribution in [0.15, 0.2) is 71.8 Å². The number of fused-ring (bicyclic) bond motifs is 2. The molecule has 4 amide bonds. The number of hydrogen-bond acceptors (Lipinski definition) is 10. The highest BCUT2D eigenvalue weighted by atomic mass is 19.1. The molecule has 3 fully saturated rings. The maximum Gasteiger partial charge on any atom is 0.257 e. The lowest BCUT2D eigenvalue weighted by atomic mass is 9.92. The number of carbonyl (C=O) groups excluding carboxylic acids is 4. The predicted octanol–water partition coefficient (Wildman–Crippen LogP) is 5.96. The first-order valence-electron chi connectivity index (χ1n) is 25.0. The summed E-state index contributed by atoms with van der Waals surface area (Å²) in [6.07, 6.45) is 8.88. The molecule has 2 aromatic carbocycles. The van der Waals surface area contributed by atoms with E-state index >= 15 is 4.39 Å². The number of carbonyl (C=O) groups is 4. The monoisotopic (exact) mass is 968 g/mol. The molecule has 71 heavy (non-hydrogen) atoms. The fourth-order valence-corrected chi connectivity index (χ4v) is 11.6. The average Bonchev–Trinajstić information content (AvgIpc) is 3.71. The van der Waals surface area contributed by atoms with E-state index < -0.39 is 17.8 Å². The highest BCUT2D eigenvalue weighted by molar-refractivity contribution is 6.08. The number of piperidine rings is 2. The normalized spacial score (nSPS) is 20.3. The van der Waals surface area contributed by atoms with E-state index in [9.17, 15) is 28.4 Å². The smallest absolute Gasteiger partial charge is 0.257 e. The van der Waals surface area contributed by atoms with E-state index in [1.54, 1.807) is 24.2 Å². The first-order chi connectivity index (χ1) is 34.2. The molecule has 5 aliphatic heterocycles. The van der Waals surface area contributed by atoms with Gasteiger partial charge in [0.25, 0.3) is 11.5 Å². The summed E-state index contributed by atoms with van der Waals surface area (Å²) < 4.78 is 34.2. The van der Waals surface area contributed by atoms with E-state index in [-0.39, 0.29) is 47.2 Å². The van der Waals surface area contributed by atoms with Crippen LogP contribution in [0.5, 0.6) is 0 Å². The maximum atomic E-state index is 16.1. The number of piperazine rings is 1. The maximum absolute atomic E-state index is 16.1. The minimum atomic E-state index is -0.658. The number of aromatic nitrogens is 3. The van der Waals surface area contributed by atoms with E-state index in [1.807, 2.05) is 41.6 Å². The molecule has 372 valence electrons. The third-order valence-corrected chi connectivity index (χ3v) is 15.6. The Morgan fingerprint density at radius 1 is 0.859 bits per heavy atom. The number of rotatable bonds is 11.